The summed E-state index contributed by atoms with van der Waals surface area (Å²) >= 11 is 3.38. The topological polar surface area (TPSA) is 75.1 Å². The summed E-state index contributed by atoms with van der Waals surface area (Å²) in [7, 11) is 0. The molecule has 0 aliphatic rings. The molecule has 92 valence electrons. The fourth-order valence-corrected chi connectivity index (χ4v) is 1.87. The third kappa shape index (κ3) is 2.84. The predicted octanol–water partition coefficient (Wildman–Crippen LogP) is 2.99. The lowest BCUT2D eigenvalue weighted by Crippen LogP contribution is -2.02. The molecule has 2 aromatic rings. The molecule has 1 heterocycles. The summed E-state index contributed by atoms with van der Waals surface area (Å²) in [6, 6.07) is 5.77. The molecule has 0 amide bonds. The quantitative estimate of drug-likeness (QED) is 0.911. The Morgan fingerprint density at radius 2 is 2.00 bits per heavy atom. The lowest BCUT2D eigenvalue weighted by atomic mass is 10.2. The van der Waals surface area contributed by atoms with Gasteiger partial charge in [-0.1, -0.05) is 15.9 Å². The van der Waals surface area contributed by atoms with Gasteiger partial charge in [0.15, 0.2) is 0 Å². The summed E-state index contributed by atoms with van der Waals surface area (Å²) in [6.45, 7) is 1.96. The van der Waals surface area contributed by atoms with Crippen LogP contribution in [0, 0.1) is 6.92 Å². The summed E-state index contributed by atoms with van der Waals surface area (Å²) in [5, 5.41) is 11.8. The fourth-order valence-electron chi connectivity index (χ4n) is 1.39. The van der Waals surface area contributed by atoms with Gasteiger partial charge in [-0.2, -0.15) is 0 Å². The number of anilines is 2. The number of hydrogen-bond donors (Lipinski definition) is 2. The average Bonchev–Trinajstić information content (AvgIpc) is 2.33. The number of aromatic carboxylic acids is 1. The largest absolute Gasteiger partial charge is 0.478 e. The van der Waals surface area contributed by atoms with Crippen LogP contribution in [0.2, 0.25) is 0 Å². The normalized spacial score (nSPS) is 10.1. The smallest absolute Gasteiger partial charge is 0.338 e. The molecule has 5 nitrogen and oxygen atoms in total. The van der Waals surface area contributed by atoms with Gasteiger partial charge in [-0.3, -0.25) is 0 Å². The number of benzene rings is 1. The summed E-state index contributed by atoms with van der Waals surface area (Å²) < 4.78 is 0.993. The van der Waals surface area contributed by atoms with Crippen molar-refractivity contribution in [3.05, 3.63) is 46.2 Å². The van der Waals surface area contributed by atoms with E-state index in [4.69, 9.17) is 5.11 Å². The number of nitrogens with one attached hydrogen (secondary N) is 1. The van der Waals surface area contributed by atoms with Crippen molar-refractivity contribution in [3.63, 3.8) is 0 Å². The van der Waals surface area contributed by atoms with Crippen molar-refractivity contribution in [2.75, 3.05) is 5.32 Å². The summed E-state index contributed by atoms with van der Waals surface area (Å²) in [4.78, 5) is 18.5. The number of aromatic nitrogens is 2. The lowest BCUT2D eigenvalue weighted by Gasteiger charge is -2.08. The number of halogens is 1. The van der Waals surface area contributed by atoms with E-state index >= 15 is 0 Å². The average molecular weight is 308 g/mol. The molecule has 0 aliphatic carbocycles. The van der Waals surface area contributed by atoms with Crippen LogP contribution in [-0.4, -0.2) is 21.0 Å². The van der Waals surface area contributed by atoms with Crippen LogP contribution in [0.25, 0.3) is 0 Å². The standard InChI is InChI=1S/C12H10BrN3O2/c1-7-4-9(13)2-3-10(7)16-12-14-5-8(6-15-12)11(17)18/h2-6H,1H3,(H,17,18)(H,14,15,16). The Kier molecular flexibility index (Phi) is 3.57. The van der Waals surface area contributed by atoms with E-state index in [0.29, 0.717) is 5.95 Å². The first-order chi connectivity index (χ1) is 8.56. The molecule has 2 N–H and O–H groups in total. The fraction of sp³-hybridized carbons (Fsp3) is 0.0833. The second kappa shape index (κ2) is 5.14. The molecular formula is C12H10BrN3O2. The van der Waals surface area contributed by atoms with Crippen molar-refractivity contribution in [1.29, 1.82) is 0 Å². The maximum atomic E-state index is 10.7. The number of carbonyl (C=O) groups is 1. The van der Waals surface area contributed by atoms with E-state index in [9.17, 15) is 4.79 Å². The van der Waals surface area contributed by atoms with Crippen LogP contribution in [0.3, 0.4) is 0 Å². The maximum Gasteiger partial charge on any atom is 0.338 e. The number of hydrogen-bond acceptors (Lipinski definition) is 4. The van der Waals surface area contributed by atoms with Crippen LogP contribution in [-0.2, 0) is 0 Å². The highest BCUT2D eigenvalue weighted by Crippen LogP contribution is 2.22. The van der Waals surface area contributed by atoms with Gasteiger partial charge in [0, 0.05) is 22.6 Å². The molecule has 1 aromatic carbocycles. The highest BCUT2D eigenvalue weighted by molar-refractivity contribution is 9.10. The first-order valence-electron chi connectivity index (χ1n) is 5.15. The van der Waals surface area contributed by atoms with E-state index in [1.165, 1.54) is 12.4 Å². The van der Waals surface area contributed by atoms with E-state index in [1.54, 1.807) is 0 Å². The highest BCUT2D eigenvalue weighted by Gasteiger charge is 2.05. The van der Waals surface area contributed by atoms with Gasteiger partial charge >= 0.3 is 5.97 Å². The van der Waals surface area contributed by atoms with Crippen molar-refractivity contribution < 1.29 is 9.90 Å². The van der Waals surface area contributed by atoms with Crippen LogP contribution in [0.15, 0.2) is 35.1 Å². The minimum Gasteiger partial charge on any atom is -0.478 e. The Morgan fingerprint density at radius 1 is 1.33 bits per heavy atom. The van der Waals surface area contributed by atoms with Gasteiger partial charge in [-0.15, -0.1) is 0 Å². The summed E-state index contributed by atoms with van der Waals surface area (Å²) in [5.41, 5.74) is 1.98. The van der Waals surface area contributed by atoms with Crippen molar-refractivity contribution in [2.24, 2.45) is 0 Å². The summed E-state index contributed by atoms with van der Waals surface area (Å²) in [5.74, 6) is -0.674. The van der Waals surface area contributed by atoms with Gasteiger partial charge in [0.05, 0.1) is 5.56 Å². The Labute approximate surface area is 112 Å². The first-order valence-corrected chi connectivity index (χ1v) is 5.94. The Morgan fingerprint density at radius 3 is 2.56 bits per heavy atom. The third-order valence-corrected chi connectivity index (χ3v) is 2.83. The molecule has 0 atom stereocenters. The van der Waals surface area contributed by atoms with Gasteiger partial charge < -0.3 is 10.4 Å². The van der Waals surface area contributed by atoms with E-state index < -0.39 is 5.97 Å². The van der Waals surface area contributed by atoms with E-state index in [-0.39, 0.29) is 5.56 Å². The van der Waals surface area contributed by atoms with Crippen molar-refractivity contribution >= 4 is 33.5 Å². The second-order valence-corrected chi connectivity index (χ2v) is 4.60. The van der Waals surface area contributed by atoms with Crippen LogP contribution in [0.5, 0.6) is 0 Å². The van der Waals surface area contributed by atoms with E-state index in [1.807, 2.05) is 25.1 Å². The van der Waals surface area contributed by atoms with E-state index in [0.717, 1.165) is 15.7 Å². The second-order valence-electron chi connectivity index (χ2n) is 3.68. The molecule has 0 radical (unpaired) electrons. The van der Waals surface area contributed by atoms with Crippen LogP contribution < -0.4 is 5.32 Å². The molecule has 1 aromatic heterocycles. The highest BCUT2D eigenvalue weighted by atomic mass is 79.9. The minimum absolute atomic E-state index is 0.0630. The number of nitrogens with zero attached hydrogens (tertiary/aromatic N) is 2. The van der Waals surface area contributed by atoms with Crippen molar-refractivity contribution in [1.82, 2.24) is 9.97 Å². The van der Waals surface area contributed by atoms with E-state index in [2.05, 4.69) is 31.2 Å². The van der Waals surface area contributed by atoms with Crippen molar-refractivity contribution in [3.8, 4) is 0 Å². The van der Waals surface area contributed by atoms with Gasteiger partial charge in [0.2, 0.25) is 5.95 Å². The van der Waals surface area contributed by atoms with Gasteiger partial charge in [-0.25, -0.2) is 14.8 Å². The number of rotatable bonds is 3. The molecule has 0 unspecified atom stereocenters. The number of aryl methyl sites for hydroxylation is 1. The Balaban J connectivity index is 2.21. The number of carboxylic acid groups (broad SMARTS) is 1. The number of carboxylic acids is 1. The Hall–Kier alpha value is -1.95. The molecule has 0 saturated heterocycles. The van der Waals surface area contributed by atoms with Gasteiger partial charge in [0.25, 0.3) is 0 Å². The molecule has 18 heavy (non-hydrogen) atoms. The molecule has 0 fully saturated rings. The van der Waals surface area contributed by atoms with Crippen LogP contribution in [0.4, 0.5) is 11.6 Å². The Bertz CT molecular complexity index is 584. The SMILES string of the molecule is Cc1cc(Br)ccc1Nc1ncc(C(=O)O)cn1. The molecule has 0 bridgehead atoms. The predicted molar refractivity (Wildman–Crippen MR) is 71.2 cm³/mol. The zero-order valence-corrected chi connectivity index (χ0v) is 11.1. The molecule has 0 aliphatic heterocycles. The van der Waals surface area contributed by atoms with Crippen LogP contribution in [0.1, 0.15) is 15.9 Å². The van der Waals surface area contributed by atoms with Gasteiger partial charge in [-0.05, 0) is 30.7 Å². The lowest BCUT2D eigenvalue weighted by molar-refractivity contribution is 0.0696. The van der Waals surface area contributed by atoms with Crippen LogP contribution >= 0.6 is 15.9 Å². The van der Waals surface area contributed by atoms with Crippen molar-refractivity contribution in [2.45, 2.75) is 6.92 Å². The maximum absolute atomic E-state index is 10.7. The molecule has 6 heteroatoms. The molecular weight excluding hydrogens is 298 g/mol. The first kappa shape index (κ1) is 12.5. The molecule has 0 saturated carbocycles. The zero-order valence-electron chi connectivity index (χ0n) is 9.51. The van der Waals surface area contributed by atoms with Gasteiger partial charge in [0.1, 0.15) is 0 Å². The molecule has 0 spiro atoms. The molecule has 2 rings (SSSR count). The minimum atomic E-state index is -1.04. The third-order valence-electron chi connectivity index (χ3n) is 2.33. The zero-order chi connectivity index (χ0) is 13.1. The monoisotopic (exact) mass is 307 g/mol. The summed E-state index contributed by atoms with van der Waals surface area (Å²) in [6.07, 6.45) is 2.54.